The lowest BCUT2D eigenvalue weighted by molar-refractivity contribution is 0.0540. The third kappa shape index (κ3) is 7.21. The fourth-order valence-electron chi connectivity index (χ4n) is 5.20. The number of hydrogen-bond donors (Lipinski definition) is 4. The first-order valence-electron chi connectivity index (χ1n) is 14.0. The molecule has 0 radical (unpaired) electrons. The van der Waals surface area contributed by atoms with E-state index in [2.05, 4.69) is 42.4 Å². The summed E-state index contributed by atoms with van der Waals surface area (Å²) in [6.45, 7) is 8.38. The Labute approximate surface area is 263 Å². The van der Waals surface area contributed by atoms with Gasteiger partial charge >= 0.3 is 5.97 Å². The van der Waals surface area contributed by atoms with Gasteiger partial charge in [-0.3, -0.25) is 14.7 Å². The zero-order chi connectivity index (χ0) is 30.7. The van der Waals surface area contributed by atoms with Crippen LogP contribution in [0.5, 0.6) is 0 Å². The van der Waals surface area contributed by atoms with Crippen LogP contribution in [-0.2, 0) is 4.74 Å². The average molecular weight is 653 g/mol. The van der Waals surface area contributed by atoms with Gasteiger partial charge in [0, 0.05) is 65.2 Å². The van der Waals surface area contributed by atoms with Gasteiger partial charge in [-0.15, -0.1) is 0 Å². The standard InChI is InChI=1S/C27H35Cl2N9O4S/c1-15-20(28)21(29)23(32-15)25(39)34-16-4-6-38(14-18(16)42-3)27-35-22(24(43-27)26(40)41)17-12-30-13-19(33-17)31-5-7-37-10-8-36(2)9-11-37/h12-13,16,18,32H,4-11,14H2,1-3H3,(H,31,33)(H,34,39)(H,40,41)/t16-,18+/m1/s1. The first-order chi connectivity index (χ1) is 20.6. The summed E-state index contributed by atoms with van der Waals surface area (Å²) in [5, 5.41) is 17.3. The van der Waals surface area contributed by atoms with Crippen molar-refractivity contribution in [3.05, 3.63) is 38.7 Å². The number of likely N-dealkylation sites (N-methyl/N-ethyl adjacent to an activating group) is 1. The van der Waals surface area contributed by atoms with E-state index in [-0.39, 0.29) is 39.3 Å². The quantitative estimate of drug-likeness (QED) is 0.256. The number of aromatic carboxylic acids is 1. The molecule has 5 heterocycles. The molecule has 0 spiro atoms. The fourth-order valence-corrected chi connectivity index (χ4v) is 6.57. The number of thiazole rings is 1. The molecule has 43 heavy (non-hydrogen) atoms. The van der Waals surface area contributed by atoms with Crippen LogP contribution in [0.25, 0.3) is 11.4 Å². The number of aromatic amines is 1. The Morgan fingerprint density at radius 2 is 1.93 bits per heavy atom. The number of rotatable bonds is 10. The second-order valence-electron chi connectivity index (χ2n) is 10.7. The minimum Gasteiger partial charge on any atom is -0.477 e. The zero-order valence-corrected chi connectivity index (χ0v) is 26.5. The van der Waals surface area contributed by atoms with Gasteiger partial charge in [-0.25, -0.2) is 14.8 Å². The number of amides is 1. The van der Waals surface area contributed by atoms with Crippen molar-refractivity contribution in [2.24, 2.45) is 0 Å². The Morgan fingerprint density at radius 1 is 1.16 bits per heavy atom. The summed E-state index contributed by atoms with van der Waals surface area (Å²) in [6, 6.07) is -0.301. The molecule has 232 valence electrons. The summed E-state index contributed by atoms with van der Waals surface area (Å²) in [5.41, 5.74) is 1.46. The summed E-state index contributed by atoms with van der Waals surface area (Å²) in [5.74, 6) is -0.899. The molecule has 3 aromatic heterocycles. The molecule has 0 aliphatic carbocycles. The first kappa shape index (κ1) is 31.4. The number of piperidine rings is 1. The van der Waals surface area contributed by atoms with Gasteiger partial charge in [0.2, 0.25) is 0 Å². The van der Waals surface area contributed by atoms with Gasteiger partial charge in [-0.1, -0.05) is 34.5 Å². The first-order valence-corrected chi connectivity index (χ1v) is 15.5. The van der Waals surface area contributed by atoms with Crippen molar-refractivity contribution in [1.29, 1.82) is 0 Å². The van der Waals surface area contributed by atoms with Crippen LogP contribution in [0.4, 0.5) is 10.9 Å². The van der Waals surface area contributed by atoms with Crippen molar-refractivity contribution < 1.29 is 19.4 Å². The van der Waals surface area contributed by atoms with Crippen LogP contribution in [-0.4, -0.2) is 125 Å². The lowest BCUT2D eigenvalue weighted by Crippen LogP contribution is -2.55. The number of nitrogens with zero attached hydrogens (tertiary/aromatic N) is 6. The average Bonchev–Trinajstić information content (AvgIpc) is 3.56. The minimum absolute atomic E-state index is 0.0805. The van der Waals surface area contributed by atoms with E-state index in [1.807, 2.05) is 4.90 Å². The summed E-state index contributed by atoms with van der Waals surface area (Å²) in [7, 11) is 3.70. The highest BCUT2D eigenvalue weighted by Gasteiger charge is 2.34. The van der Waals surface area contributed by atoms with E-state index in [0.29, 0.717) is 53.4 Å². The molecule has 2 fully saturated rings. The Morgan fingerprint density at radius 3 is 2.60 bits per heavy atom. The van der Waals surface area contributed by atoms with Crippen LogP contribution >= 0.6 is 34.5 Å². The number of carboxylic acids is 1. The van der Waals surface area contributed by atoms with Crippen LogP contribution in [0.1, 0.15) is 32.3 Å². The van der Waals surface area contributed by atoms with E-state index in [9.17, 15) is 14.7 Å². The van der Waals surface area contributed by atoms with Crippen molar-refractivity contribution >= 4 is 57.4 Å². The van der Waals surface area contributed by atoms with Gasteiger partial charge in [-0.2, -0.15) is 0 Å². The normalized spacial score (nSPS) is 19.9. The van der Waals surface area contributed by atoms with E-state index in [0.717, 1.165) is 44.1 Å². The summed E-state index contributed by atoms with van der Waals surface area (Å²) in [6.07, 6.45) is 3.31. The number of carboxylic acid groups (broad SMARTS) is 1. The number of halogens is 2. The van der Waals surface area contributed by atoms with Gasteiger partial charge in [0.1, 0.15) is 27.8 Å². The van der Waals surface area contributed by atoms with Crippen LogP contribution in [0, 0.1) is 6.92 Å². The number of methoxy groups -OCH3 is 1. The second-order valence-corrected chi connectivity index (χ2v) is 12.4. The van der Waals surface area contributed by atoms with E-state index in [1.54, 1.807) is 20.2 Å². The third-order valence-electron chi connectivity index (χ3n) is 7.75. The molecule has 0 saturated carbocycles. The minimum atomic E-state index is -1.09. The number of H-pyrrole nitrogens is 1. The molecule has 0 aromatic carbocycles. The van der Waals surface area contributed by atoms with Gasteiger partial charge in [0.05, 0.1) is 34.6 Å². The van der Waals surface area contributed by atoms with Crippen molar-refractivity contribution in [2.75, 3.05) is 76.7 Å². The maximum atomic E-state index is 12.9. The predicted molar refractivity (Wildman–Crippen MR) is 167 cm³/mol. The molecule has 4 N–H and O–H groups in total. The highest BCUT2D eigenvalue weighted by atomic mass is 35.5. The molecule has 5 rings (SSSR count). The predicted octanol–water partition coefficient (Wildman–Crippen LogP) is 2.92. The molecule has 2 saturated heterocycles. The SMILES string of the molecule is CO[C@H]1CN(c2nc(-c3cncc(NCCN4CCN(C)CC4)n3)c(C(=O)O)s2)CC[C@H]1NC(=O)c1[nH]c(C)c(Cl)c1Cl. The molecule has 16 heteroatoms. The number of hydrogen-bond acceptors (Lipinski definition) is 11. The molecule has 0 unspecified atom stereocenters. The van der Waals surface area contributed by atoms with Crippen molar-refractivity contribution in [2.45, 2.75) is 25.5 Å². The highest BCUT2D eigenvalue weighted by Crippen LogP contribution is 2.34. The van der Waals surface area contributed by atoms with Gasteiger partial charge in [0.25, 0.3) is 5.91 Å². The van der Waals surface area contributed by atoms with Crippen molar-refractivity contribution in [3.63, 3.8) is 0 Å². The molecule has 2 atom stereocenters. The summed E-state index contributed by atoms with van der Waals surface area (Å²) < 4.78 is 5.72. The zero-order valence-electron chi connectivity index (χ0n) is 24.2. The number of anilines is 2. The molecule has 13 nitrogen and oxygen atoms in total. The number of carbonyl (C=O) groups is 2. The number of carbonyl (C=O) groups excluding carboxylic acids is 1. The monoisotopic (exact) mass is 651 g/mol. The Kier molecular flexibility index (Phi) is 10.0. The van der Waals surface area contributed by atoms with Gasteiger partial charge < -0.3 is 35.3 Å². The number of ether oxygens (including phenoxy) is 1. The molecule has 3 aromatic rings. The maximum absolute atomic E-state index is 12.9. The fraction of sp³-hybridized carbons (Fsp3) is 0.519. The third-order valence-corrected chi connectivity index (χ3v) is 9.80. The molecule has 1 amide bonds. The Balaban J connectivity index is 1.25. The van der Waals surface area contributed by atoms with E-state index in [1.165, 1.54) is 6.20 Å². The summed E-state index contributed by atoms with van der Waals surface area (Å²) in [4.78, 5) is 48.4. The number of nitrogens with one attached hydrogen (secondary N) is 3. The molecule has 2 aliphatic rings. The van der Waals surface area contributed by atoms with Crippen LogP contribution in [0.2, 0.25) is 10.0 Å². The van der Waals surface area contributed by atoms with E-state index >= 15 is 0 Å². The lowest BCUT2D eigenvalue weighted by Gasteiger charge is -2.37. The molecular weight excluding hydrogens is 617 g/mol. The Hall–Kier alpha value is -3.01. The van der Waals surface area contributed by atoms with Crippen LogP contribution < -0.4 is 15.5 Å². The van der Waals surface area contributed by atoms with Gasteiger partial charge in [0.15, 0.2) is 5.13 Å². The molecular formula is C27H35Cl2N9O4S. The number of aryl methyl sites for hydroxylation is 1. The maximum Gasteiger partial charge on any atom is 0.348 e. The molecule has 2 aliphatic heterocycles. The number of piperazine rings is 1. The topological polar surface area (TPSA) is 152 Å². The summed E-state index contributed by atoms with van der Waals surface area (Å²) >= 11 is 13.4. The Bertz CT molecular complexity index is 1460. The smallest absolute Gasteiger partial charge is 0.348 e. The van der Waals surface area contributed by atoms with Crippen LogP contribution in [0.15, 0.2) is 12.4 Å². The largest absolute Gasteiger partial charge is 0.477 e. The van der Waals surface area contributed by atoms with Crippen LogP contribution in [0.3, 0.4) is 0 Å². The molecule has 0 bridgehead atoms. The second kappa shape index (κ2) is 13.7. The van der Waals surface area contributed by atoms with E-state index in [4.69, 9.17) is 32.9 Å². The van der Waals surface area contributed by atoms with Gasteiger partial charge in [-0.05, 0) is 20.4 Å². The van der Waals surface area contributed by atoms with E-state index < -0.39 is 5.97 Å². The van der Waals surface area contributed by atoms with Crippen molar-refractivity contribution in [3.8, 4) is 11.4 Å². The number of aromatic nitrogens is 4. The highest BCUT2D eigenvalue weighted by molar-refractivity contribution is 7.17. The lowest BCUT2D eigenvalue weighted by atomic mass is 10.0. The van der Waals surface area contributed by atoms with Crippen molar-refractivity contribution in [1.82, 2.24) is 35.1 Å².